The Bertz CT molecular complexity index is 323. The molecule has 94 valence electrons. The number of likely N-dealkylation sites (N-methyl/N-ethyl adjacent to an activating group) is 1. The largest absolute Gasteiger partial charge is 0.385 e. The van der Waals surface area contributed by atoms with Gasteiger partial charge >= 0.3 is 0 Å². The summed E-state index contributed by atoms with van der Waals surface area (Å²) in [6.45, 7) is 8.29. The zero-order valence-corrected chi connectivity index (χ0v) is 10.4. The van der Waals surface area contributed by atoms with Gasteiger partial charge in [-0.1, -0.05) is 13.0 Å². The van der Waals surface area contributed by atoms with E-state index < -0.39 is 6.10 Å². The molecule has 1 fully saturated rings. The van der Waals surface area contributed by atoms with E-state index in [0.717, 1.165) is 38.4 Å². The van der Waals surface area contributed by atoms with E-state index in [-0.39, 0.29) is 0 Å². The molecule has 2 rings (SSSR count). The van der Waals surface area contributed by atoms with Gasteiger partial charge in [-0.15, -0.1) is 0 Å². The van der Waals surface area contributed by atoms with Crippen molar-refractivity contribution in [3.05, 3.63) is 30.1 Å². The van der Waals surface area contributed by atoms with E-state index in [0.29, 0.717) is 6.54 Å². The first-order valence-corrected chi connectivity index (χ1v) is 6.33. The van der Waals surface area contributed by atoms with Crippen LogP contribution in [0, 0.1) is 0 Å². The molecule has 0 aromatic carbocycles. The van der Waals surface area contributed by atoms with Crippen molar-refractivity contribution in [1.29, 1.82) is 0 Å². The molecule has 0 spiro atoms. The van der Waals surface area contributed by atoms with Gasteiger partial charge in [0.25, 0.3) is 0 Å². The molecule has 1 aromatic rings. The maximum absolute atomic E-state index is 10.1. The molecular formula is C13H21N3O. The topological polar surface area (TPSA) is 39.6 Å². The molecule has 2 heterocycles. The lowest BCUT2D eigenvalue weighted by Crippen LogP contribution is -2.47. The Morgan fingerprint density at radius 2 is 1.94 bits per heavy atom. The quantitative estimate of drug-likeness (QED) is 0.836. The minimum absolute atomic E-state index is 0.468. The lowest BCUT2D eigenvalue weighted by atomic mass is 10.2. The second-order valence-electron chi connectivity index (χ2n) is 4.51. The summed E-state index contributed by atoms with van der Waals surface area (Å²) < 4.78 is 0. The van der Waals surface area contributed by atoms with Crippen molar-refractivity contribution in [1.82, 2.24) is 14.8 Å². The van der Waals surface area contributed by atoms with Crippen molar-refractivity contribution in [2.45, 2.75) is 13.0 Å². The Labute approximate surface area is 103 Å². The van der Waals surface area contributed by atoms with Gasteiger partial charge in [0.1, 0.15) is 6.10 Å². The van der Waals surface area contributed by atoms with Crippen LogP contribution < -0.4 is 0 Å². The standard InChI is InChI=1S/C13H21N3O/c1-2-15-7-9-16(10-8-15)11-13(17)12-5-3-4-6-14-12/h3-6,13,17H,2,7-11H2,1H3. The fourth-order valence-electron chi connectivity index (χ4n) is 2.20. The molecule has 1 unspecified atom stereocenters. The highest BCUT2D eigenvalue weighted by atomic mass is 16.3. The summed E-state index contributed by atoms with van der Waals surface area (Å²) in [4.78, 5) is 8.93. The van der Waals surface area contributed by atoms with E-state index in [9.17, 15) is 5.11 Å². The van der Waals surface area contributed by atoms with E-state index in [1.807, 2.05) is 18.2 Å². The number of nitrogens with zero attached hydrogens (tertiary/aromatic N) is 3. The summed E-state index contributed by atoms with van der Waals surface area (Å²) in [5.41, 5.74) is 0.769. The zero-order valence-electron chi connectivity index (χ0n) is 10.4. The third kappa shape index (κ3) is 3.49. The van der Waals surface area contributed by atoms with Crippen molar-refractivity contribution < 1.29 is 5.11 Å². The Morgan fingerprint density at radius 1 is 1.24 bits per heavy atom. The summed E-state index contributed by atoms with van der Waals surface area (Å²) in [7, 11) is 0. The first kappa shape index (κ1) is 12.5. The number of aliphatic hydroxyl groups excluding tert-OH is 1. The van der Waals surface area contributed by atoms with Crippen LogP contribution in [0.5, 0.6) is 0 Å². The minimum atomic E-state index is -0.468. The molecule has 0 aliphatic carbocycles. The minimum Gasteiger partial charge on any atom is -0.385 e. The fourth-order valence-corrected chi connectivity index (χ4v) is 2.20. The highest BCUT2D eigenvalue weighted by Gasteiger charge is 2.19. The van der Waals surface area contributed by atoms with Gasteiger partial charge in [-0.2, -0.15) is 0 Å². The molecule has 1 aromatic heterocycles. The number of rotatable bonds is 4. The van der Waals surface area contributed by atoms with Crippen molar-refractivity contribution in [3.8, 4) is 0 Å². The van der Waals surface area contributed by atoms with Crippen molar-refractivity contribution in [2.24, 2.45) is 0 Å². The first-order chi connectivity index (χ1) is 8.29. The number of aromatic nitrogens is 1. The van der Waals surface area contributed by atoms with Crippen molar-refractivity contribution in [2.75, 3.05) is 39.3 Å². The number of pyridine rings is 1. The van der Waals surface area contributed by atoms with Gasteiger partial charge in [0.15, 0.2) is 0 Å². The molecule has 4 nitrogen and oxygen atoms in total. The molecule has 0 bridgehead atoms. The fraction of sp³-hybridized carbons (Fsp3) is 0.615. The van der Waals surface area contributed by atoms with Gasteiger partial charge in [0.2, 0.25) is 0 Å². The van der Waals surface area contributed by atoms with Gasteiger partial charge in [-0.3, -0.25) is 9.88 Å². The maximum Gasteiger partial charge on any atom is 0.109 e. The summed E-state index contributed by atoms with van der Waals surface area (Å²) in [6.07, 6.45) is 1.26. The van der Waals surface area contributed by atoms with Crippen LogP contribution in [0.1, 0.15) is 18.7 Å². The van der Waals surface area contributed by atoms with Gasteiger partial charge in [-0.25, -0.2) is 0 Å². The summed E-state index contributed by atoms with van der Waals surface area (Å²) in [5, 5.41) is 10.1. The van der Waals surface area contributed by atoms with Gasteiger partial charge in [-0.05, 0) is 18.7 Å². The molecule has 1 atom stereocenters. The van der Waals surface area contributed by atoms with Crippen LogP contribution in [-0.2, 0) is 0 Å². The van der Waals surface area contributed by atoms with Crippen LogP contribution in [0.4, 0.5) is 0 Å². The molecule has 17 heavy (non-hydrogen) atoms. The summed E-state index contributed by atoms with van der Waals surface area (Å²) in [5.74, 6) is 0. The van der Waals surface area contributed by atoms with E-state index >= 15 is 0 Å². The Morgan fingerprint density at radius 3 is 2.53 bits per heavy atom. The second kappa shape index (κ2) is 6.10. The van der Waals surface area contributed by atoms with E-state index in [4.69, 9.17) is 0 Å². The SMILES string of the molecule is CCN1CCN(CC(O)c2ccccn2)CC1. The predicted molar refractivity (Wildman–Crippen MR) is 67.8 cm³/mol. The molecule has 1 aliphatic rings. The van der Waals surface area contributed by atoms with Crippen LogP contribution >= 0.6 is 0 Å². The van der Waals surface area contributed by atoms with Gasteiger partial charge in [0.05, 0.1) is 5.69 Å². The van der Waals surface area contributed by atoms with Gasteiger partial charge in [0, 0.05) is 38.9 Å². The Balaban J connectivity index is 1.82. The van der Waals surface area contributed by atoms with Crippen LogP contribution in [-0.4, -0.2) is 59.2 Å². The number of piperazine rings is 1. The normalized spacial score (nSPS) is 20.4. The lowest BCUT2D eigenvalue weighted by Gasteiger charge is -2.34. The number of aliphatic hydroxyl groups is 1. The van der Waals surface area contributed by atoms with E-state index in [1.54, 1.807) is 6.20 Å². The molecule has 0 radical (unpaired) electrons. The number of hydrogen-bond donors (Lipinski definition) is 1. The average molecular weight is 235 g/mol. The van der Waals surface area contributed by atoms with E-state index in [2.05, 4.69) is 21.7 Å². The zero-order chi connectivity index (χ0) is 12.1. The van der Waals surface area contributed by atoms with Gasteiger partial charge < -0.3 is 10.0 Å². The second-order valence-corrected chi connectivity index (χ2v) is 4.51. The monoisotopic (exact) mass is 235 g/mol. The van der Waals surface area contributed by atoms with Crippen LogP contribution in [0.2, 0.25) is 0 Å². The molecule has 1 saturated heterocycles. The van der Waals surface area contributed by atoms with Crippen molar-refractivity contribution >= 4 is 0 Å². The van der Waals surface area contributed by atoms with Crippen LogP contribution in [0.15, 0.2) is 24.4 Å². The highest BCUT2D eigenvalue weighted by Crippen LogP contribution is 2.12. The molecule has 0 saturated carbocycles. The Hall–Kier alpha value is -0.970. The van der Waals surface area contributed by atoms with E-state index in [1.165, 1.54) is 0 Å². The molecule has 4 heteroatoms. The third-order valence-electron chi connectivity index (χ3n) is 3.37. The number of hydrogen-bond acceptors (Lipinski definition) is 4. The van der Waals surface area contributed by atoms with Crippen LogP contribution in [0.3, 0.4) is 0 Å². The molecular weight excluding hydrogens is 214 g/mol. The number of β-amino-alcohol motifs (C(OH)–C–C–N with tert-alkyl or cyclic N) is 1. The molecule has 0 amide bonds. The average Bonchev–Trinajstić information content (AvgIpc) is 2.40. The summed E-state index contributed by atoms with van der Waals surface area (Å²) in [6, 6.07) is 5.67. The Kier molecular flexibility index (Phi) is 4.48. The third-order valence-corrected chi connectivity index (χ3v) is 3.37. The lowest BCUT2D eigenvalue weighted by molar-refractivity contribution is 0.0724. The predicted octanol–water partition coefficient (Wildman–Crippen LogP) is 0.752. The van der Waals surface area contributed by atoms with Crippen LogP contribution in [0.25, 0.3) is 0 Å². The smallest absolute Gasteiger partial charge is 0.109 e. The molecule has 1 N–H and O–H groups in total. The highest BCUT2D eigenvalue weighted by molar-refractivity contribution is 5.07. The van der Waals surface area contributed by atoms with Crippen molar-refractivity contribution in [3.63, 3.8) is 0 Å². The first-order valence-electron chi connectivity index (χ1n) is 6.33. The maximum atomic E-state index is 10.1. The summed E-state index contributed by atoms with van der Waals surface area (Å²) >= 11 is 0. The molecule has 1 aliphatic heterocycles.